The van der Waals surface area contributed by atoms with Gasteiger partial charge in [-0.15, -0.1) is 0 Å². The van der Waals surface area contributed by atoms with Crippen LogP contribution < -0.4 is 0 Å². The van der Waals surface area contributed by atoms with E-state index in [0.29, 0.717) is 11.0 Å². The first-order valence-electron chi connectivity index (χ1n) is 4.84. The van der Waals surface area contributed by atoms with E-state index in [1.54, 1.807) is 17.1 Å². The van der Waals surface area contributed by atoms with Gasteiger partial charge in [-0.1, -0.05) is 31.5 Å². The number of nitrogens with zero attached hydrogens (tertiary/aromatic N) is 1. The fraction of sp³-hybridized carbons (Fsp3) is 0.600. The Kier molecular flexibility index (Phi) is 2.44. The molecule has 70 valence electrons. The lowest BCUT2D eigenvalue weighted by atomic mass is 9.94. The summed E-state index contributed by atoms with van der Waals surface area (Å²) < 4.78 is 0. The molecule has 1 amide bonds. The van der Waals surface area contributed by atoms with Crippen LogP contribution in [0.2, 0.25) is 0 Å². The zero-order valence-electron chi connectivity index (χ0n) is 7.53. The highest BCUT2D eigenvalue weighted by Crippen LogP contribution is 2.25. The molecule has 1 aliphatic carbocycles. The molecular formula is C10H13NOS. The van der Waals surface area contributed by atoms with E-state index in [1.807, 2.05) is 0 Å². The molecule has 0 bridgehead atoms. The SMILES string of the molecule is O=C1C=CC(=S)N1C1CCCCC1. The summed E-state index contributed by atoms with van der Waals surface area (Å²) in [4.78, 5) is 13.9. The predicted molar refractivity (Wildman–Crippen MR) is 55.5 cm³/mol. The Bertz CT molecular complexity index is 248. The number of carbonyl (C=O) groups excluding carboxylic acids is 1. The maximum atomic E-state index is 11.4. The molecule has 0 saturated heterocycles. The van der Waals surface area contributed by atoms with Gasteiger partial charge in [0.1, 0.15) is 4.99 Å². The van der Waals surface area contributed by atoms with Crippen molar-refractivity contribution < 1.29 is 4.79 Å². The van der Waals surface area contributed by atoms with Crippen LogP contribution in [0.4, 0.5) is 0 Å². The summed E-state index contributed by atoms with van der Waals surface area (Å²) in [6, 6.07) is 0.378. The number of hydrogen-bond donors (Lipinski definition) is 0. The van der Waals surface area contributed by atoms with Crippen molar-refractivity contribution in [2.24, 2.45) is 0 Å². The summed E-state index contributed by atoms with van der Waals surface area (Å²) in [6.07, 6.45) is 9.33. The second-order valence-corrected chi connectivity index (χ2v) is 4.09. The van der Waals surface area contributed by atoms with Gasteiger partial charge in [-0.3, -0.25) is 9.69 Å². The van der Waals surface area contributed by atoms with Crippen LogP contribution in [0.25, 0.3) is 0 Å². The van der Waals surface area contributed by atoms with Gasteiger partial charge < -0.3 is 0 Å². The normalized spacial score (nSPS) is 24.5. The van der Waals surface area contributed by atoms with Crippen LogP contribution in [0, 0.1) is 0 Å². The first-order chi connectivity index (χ1) is 6.29. The van der Waals surface area contributed by atoms with Crippen LogP contribution in [0.15, 0.2) is 12.2 Å². The van der Waals surface area contributed by atoms with Crippen LogP contribution >= 0.6 is 12.2 Å². The number of amides is 1. The third-order valence-corrected chi connectivity index (χ3v) is 3.12. The lowest BCUT2D eigenvalue weighted by molar-refractivity contribution is -0.123. The Labute approximate surface area is 83.6 Å². The van der Waals surface area contributed by atoms with Crippen LogP contribution in [-0.2, 0) is 4.79 Å². The molecule has 0 aromatic heterocycles. The van der Waals surface area contributed by atoms with E-state index >= 15 is 0 Å². The van der Waals surface area contributed by atoms with Crippen molar-refractivity contribution in [2.75, 3.05) is 0 Å². The quantitative estimate of drug-likeness (QED) is 0.597. The molecule has 1 saturated carbocycles. The van der Waals surface area contributed by atoms with E-state index in [9.17, 15) is 4.79 Å². The second kappa shape index (κ2) is 3.58. The zero-order valence-corrected chi connectivity index (χ0v) is 8.35. The monoisotopic (exact) mass is 195 g/mol. The van der Waals surface area contributed by atoms with Crippen LogP contribution in [-0.4, -0.2) is 21.8 Å². The fourth-order valence-corrected chi connectivity index (χ4v) is 2.42. The molecule has 13 heavy (non-hydrogen) atoms. The predicted octanol–water partition coefficient (Wildman–Crippen LogP) is 2.04. The molecule has 3 heteroatoms. The van der Waals surface area contributed by atoms with Gasteiger partial charge in [-0.05, 0) is 18.9 Å². The van der Waals surface area contributed by atoms with E-state index < -0.39 is 0 Å². The molecular weight excluding hydrogens is 182 g/mol. The Morgan fingerprint density at radius 3 is 2.46 bits per heavy atom. The molecule has 1 aliphatic heterocycles. The Hall–Kier alpha value is -0.700. The van der Waals surface area contributed by atoms with Crippen LogP contribution in [0.3, 0.4) is 0 Å². The smallest absolute Gasteiger partial charge is 0.251 e. The average Bonchev–Trinajstić information content (AvgIpc) is 2.48. The maximum Gasteiger partial charge on any atom is 0.251 e. The molecule has 1 heterocycles. The summed E-state index contributed by atoms with van der Waals surface area (Å²) in [5, 5.41) is 0. The minimum absolute atomic E-state index is 0.0805. The van der Waals surface area contributed by atoms with Crippen molar-refractivity contribution in [3.8, 4) is 0 Å². The first-order valence-corrected chi connectivity index (χ1v) is 5.25. The van der Waals surface area contributed by atoms with Crippen molar-refractivity contribution in [1.29, 1.82) is 0 Å². The summed E-state index contributed by atoms with van der Waals surface area (Å²) in [5.41, 5.74) is 0. The molecule has 0 N–H and O–H groups in total. The fourth-order valence-electron chi connectivity index (χ4n) is 2.11. The molecule has 0 aromatic carbocycles. The topological polar surface area (TPSA) is 20.3 Å². The van der Waals surface area contributed by atoms with Crippen molar-refractivity contribution in [1.82, 2.24) is 4.90 Å². The van der Waals surface area contributed by atoms with E-state index in [2.05, 4.69) is 0 Å². The van der Waals surface area contributed by atoms with E-state index in [4.69, 9.17) is 12.2 Å². The van der Waals surface area contributed by atoms with E-state index in [-0.39, 0.29) is 5.91 Å². The van der Waals surface area contributed by atoms with Crippen LogP contribution in [0.5, 0.6) is 0 Å². The average molecular weight is 195 g/mol. The third kappa shape index (κ3) is 1.66. The Morgan fingerprint density at radius 2 is 1.92 bits per heavy atom. The highest BCUT2D eigenvalue weighted by atomic mass is 32.1. The summed E-state index contributed by atoms with van der Waals surface area (Å²) >= 11 is 5.12. The van der Waals surface area contributed by atoms with Gasteiger partial charge in [0.15, 0.2) is 0 Å². The lowest BCUT2D eigenvalue weighted by Gasteiger charge is -2.30. The maximum absolute atomic E-state index is 11.4. The molecule has 0 atom stereocenters. The van der Waals surface area contributed by atoms with Crippen molar-refractivity contribution in [2.45, 2.75) is 38.1 Å². The summed E-state index contributed by atoms with van der Waals surface area (Å²) in [6.45, 7) is 0. The standard InChI is InChI=1S/C10H13NOS/c12-9-6-7-10(13)11(9)8-4-2-1-3-5-8/h6-8H,1-5H2. The second-order valence-electron chi connectivity index (χ2n) is 3.67. The number of rotatable bonds is 1. The minimum atomic E-state index is 0.0805. The van der Waals surface area contributed by atoms with Gasteiger partial charge in [0, 0.05) is 12.1 Å². The van der Waals surface area contributed by atoms with Gasteiger partial charge in [0.05, 0.1) is 0 Å². The van der Waals surface area contributed by atoms with Crippen molar-refractivity contribution >= 4 is 23.1 Å². The minimum Gasteiger partial charge on any atom is -0.296 e. The largest absolute Gasteiger partial charge is 0.296 e. The van der Waals surface area contributed by atoms with Crippen LogP contribution in [0.1, 0.15) is 32.1 Å². The number of thiocarbonyl (C=S) groups is 1. The molecule has 0 aromatic rings. The summed E-state index contributed by atoms with van der Waals surface area (Å²) in [7, 11) is 0. The third-order valence-electron chi connectivity index (χ3n) is 2.78. The van der Waals surface area contributed by atoms with Crippen molar-refractivity contribution in [3.05, 3.63) is 12.2 Å². The molecule has 0 spiro atoms. The van der Waals surface area contributed by atoms with Gasteiger partial charge >= 0.3 is 0 Å². The molecule has 2 nitrogen and oxygen atoms in total. The zero-order chi connectivity index (χ0) is 9.26. The van der Waals surface area contributed by atoms with Gasteiger partial charge in [-0.25, -0.2) is 0 Å². The van der Waals surface area contributed by atoms with E-state index in [1.165, 1.54) is 19.3 Å². The Morgan fingerprint density at radius 1 is 1.23 bits per heavy atom. The van der Waals surface area contributed by atoms with Gasteiger partial charge in [0.25, 0.3) is 5.91 Å². The molecule has 0 radical (unpaired) electrons. The Balaban J connectivity index is 2.07. The lowest BCUT2D eigenvalue weighted by Crippen LogP contribution is -2.40. The first kappa shape index (κ1) is 8.88. The molecule has 1 fully saturated rings. The van der Waals surface area contributed by atoms with Crippen molar-refractivity contribution in [3.63, 3.8) is 0 Å². The van der Waals surface area contributed by atoms with Gasteiger partial charge in [-0.2, -0.15) is 0 Å². The molecule has 0 unspecified atom stereocenters. The van der Waals surface area contributed by atoms with E-state index in [0.717, 1.165) is 12.8 Å². The summed E-state index contributed by atoms with van der Waals surface area (Å²) in [5.74, 6) is 0.0805. The number of hydrogen-bond acceptors (Lipinski definition) is 2. The highest BCUT2D eigenvalue weighted by Gasteiger charge is 2.29. The van der Waals surface area contributed by atoms with Gasteiger partial charge in [0.2, 0.25) is 0 Å². The highest BCUT2D eigenvalue weighted by molar-refractivity contribution is 7.80. The molecule has 2 rings (SSSR count). The molecule has 2 aliphatic rings. The number of carbonyl (C=O) groups is 1.